The van der Waals surface area contributed by atoms with Gasteiger partial charge in [0, 0.05) is 0 Å². The number of hydrogen-bond acceptors (Lipinski definition) is 2. The van der Waals surface area contributed by atoms with Crippen LogP contribution in [0.3, 0.4) is 0 Å². The van der Waals surface area contributed by atoms with Crippen molar-refractivity contribution in [1.82, 2.24) is 0 Å². The summed E-state index contributed by atoms with van der Waals surface area (Å²) in [5.74, 6) is 0.570. The highest BCUT2D eigenvalue weighted by molar-refractivity contribution is 6.55. The average Bonchev–Trinajstić information content (AvgIpc) is 2.89. The molecule has 20 heavy (non-hydrogen) atoms. The molecule has 0 heterocycles. The molecule has 4 heteroatoms. The molecule has 0 amide bonds. The fraction of sp³-hybridized carbons (Fsp3) is 0.688. The fourth-order valence-corrected chi connectivity index (χ4v) is 3.25. The van der Waals surface area contributed by atoms with Crippen molar-refractivity contribution in [2.24, 2.45) is 23.2 Å². The molecule has 0 N–H and O–H groups in total. The molecule has 1 fully saturated rings. The highest BCUT2D eigenvalue weighted by atomic mass is 35.5. The number of carbonyl (C=O) groups is 1. The van der Waals surface area contributed by atoms with E-state index in [0.717, 1.165) is 18.8 Å². The second kappa shape index (κ2) is 6.11. The Morgan fingerprint density at radius 2 is 2.20 bits per heavy atom. The molecule has 0 saturated heterocycles. The minimum Gasteiger partial charge on any atom is -0.461 e. The van der Waals surface area contributed by atoms with Crippen molar-refractivity contribution in [2.45, 2.75) is 40.0 Å². The maximum atomic E-state index is 12.2. The second-order valence-electron chi connectivity index (χ2n) is 6.63. The van der Waals surface area contributed by atoms with Crippen LogP contribution in [-0.4, -0.2) is 12.6 Å². The zero-order chi connectivity index (χ0) is 14.9. The first-order chi connectivity index (χ1) is 9.32. The molecule has 2 nitrogen and oxygen atoms in total. The lowest BCUT2D eigenvalue weighted by molar-refractivity contribution is -0.145. The maximum Gasteiger partial charge on any atom is 0.310 e. The van der Waals surface area contributed by atoms with Crippen molar-refractivity contribution in [2.75, 3.05) is 6.61 Å². The van der Waals surface area contributed by atoms with Crippen molar-refractivity contribution < 1.29 is 9.53 Å². The van der Waals surface area contributed by atoms with Crippen LogP contribution in [0.25, 0.3) is 0 Å². The van der Waals surface area contributed by atoms with E-state index in [9.17, 15) is 4.79 Å². The summed E-state index contributed by atoms with van der Waals surface area (Å²) >= 11 is 11.4. The Hall–Kier alpha value is -0.470. The molecule has 0 bridgehead atoms. The molecule has 3 atom stereocenters. The van der Waals surface area contributed by atoms with Crippen LogP contribution in [0.4, 0.5) is 0 Å². The molecule has 0 aliphatic heterocycles. The molecule has 3 unspecified atom stereocenters. The zero-order valence-electron chi connectivity index (χ0n) is 12.3. The highest BCUT2D eigenvalue weighted by Gasteiger charge is 2.61. The third kappa shape index (κ3) is 3.59. The smallest absolute Gasteiger partial charge is 0.310 e. The summed E-state index contributed by atoms with van der Waals surface area (Å²) in [6.45, 7) is 6.76. The lowest BCUT2D eigenvalue weighted by atomic mass is 9.91. The molecule has 1 saturated carbocycles. The molecule has 0 aromatic heterocycles. The summed E-state index contributed by atoms with van der Waals surface area (Å²) < 4.78 is 5.69. The van der Waals surface area contributed by atoms with Gasteiger partial charge in [-0.15, -0.1) is 0 Å². The van der Waals surface area contributed by atoms with Crippen LogP contribution >= 0.6 is 23.2 Å². The predicted octanol–water partition coefficient (Wildman–Crippen LogP) is 4.87. The number of halogens is 2. The molecule has 0 spiro atoms. The summed E-state index contributed by atoms with van der Waals surface area (Å²) in [7, 11) is 0. The first-order valence-electron chi connectivity index (χ1n) is 7.19. The van der Waals surface area contributed by atoms with Gasteiger partial charge in [0.25, 0.3) is 0 Å². The Labute approximate surface area is 131 Å². The SMILES string of the molecule is CC1CC=C(COC(=O)C2C(C=C(Cl)Cl)C2(C)C)CC1. The number of carbonyl (C=O) groups excluding carboxylic acids is 1. The molecular weight excluding hydrogens is 295 g/mol. The normalized spacial score (nSPS) is 31.2. The fourth-order valence-electron chi connectivity index (χ4n) is 2.98. The van der Waals surface area contributed by atoms with Gasteiger partial charge in [-0.3, -0.25) is 4.79 Å². The van der Waals surface area contributed by atoms with Crippen molar-refractivity contribution >= 4 is 29.2 Å². The van der Waals surface area contributed by atoms with E-state index in [-0.39, 0.29) is 27.7 Å². The number of ether oxygens (including phenoxy) is 1. The molecule has 0 aromatic rings. The number of rotatable bonds is 4. The van der Waals surface area contributed by atoms with Crippen LogP contribution in [0.15, 0.2) is 22.2 Å². The van der Waals surface area contributed by atoms with E-state index in [1.165, 1.54) is 12.0 Å². The van der Waals surface area contributed by atoms with Gasteiger partial charge in [-0.1, -0.05) is 50.0 Å². The van der Waals surface area contributed by atoms with Gasteiger partial charge >= 0.3 is 5.97 Å². The lowest BCUT2D eigenvalue weighted by Gasteiger charge is -2.18. The van der Waals surface area contributed by atoms with Gasteiger partial charge in [0.05, 0.1) is 5.92 Å². The van der Waals surface area contributed by atoms with E-state index in [0.29, 0.717) is 6.61 Å². The number of allylic oxidation sites excluding steroid dienone is 2. The third-order valence-corrected chi connectivity index (χ3v) is 4.89. The lowest BCUT2D eigenvalue weighted by Crippen LogP contribution is -2.14. The van der Waals surface area contributed by atoms with Crippen LogP contribution in [0.5, 0.6) is 0 Å². The summed E-state index contributed by atoms with van der Waals surface area (Å²) in [5, 5.41) is 0. The topological polar surface area (TPSA) is 26.3 Å². The van der Waals surface area contributed by atoms with Gasteiger partial charge in [0.1, 0.15) is 11.1 Å². The molecule has 0 aromatic carbocycles. The van der Waals surface area contributed by atoms with Crippen LogP contribution in [0, 0.1) is 23.2 Å². The van der Waals surface area contributed by atoms with E-state index in [4.69, 9.17) is 27.9 Å². The van der Waals surface area contributed by atoms with E-state index >= 15 is 0 Å². The predicted molar refractivity (Wildman–Crippen MR) is 82.6 cm³/mol. The monoisotopic (exact) mass is 316 g/mol. The second-order valence-corrected chi connectivity index (χ2v) is 7.64. The van der Waals surface area contributed by atoms with Gasteiger partial charge < -0.3 is 4.74 Å². The first-order valence-corrected chi connectivity index (χ1v) is 7.95. The van der Waals surface area contributed by atoms with Crippen LogP contribution < -0.4 is 0 Å². The average molecular weight is 317 g/mol. The highest BCUT2D eigenvalue weighted by Crippen LogP contribution is 2.60. The quantitative estimate of drug-likeness (QED) is 0.546. The van der Waals surface area contributed by atoms with Gasteiger partial charge in [-0.2, -0.15) is 0 Å². The van der Waals surface area contributed by atoms with Crippen molar-refractivity contribution in [1.29, 1.82) is 0 Å². The molecular formula is C16H22Cl2O2. The third-order valence-electron chi connectivity index (χ3n) is 4.64. The Kier molecular flexibility index (Phi) is 4.86. The van der Waals surface area contributed by atoms with Crippen molar-refractivity contribution in [3.8, 4) is 0 Å². The van der Waals surface area contributed by atoms with Gasteiger partial charge in [0.15, 0.2) is 0 Å². The zero-order valence-corrected chi connectivity index (χ0v) is 13.8. The minimum absolute atomic E-state index is 0.0837. The Balaban J connectivity index is 1.86. The van der Waals surface area contributed by atoms with E-state index < -0.39 is 0 Å². The summed E-state index contributed by atoms with van der Waals surface area (Å²) in [5.41, 5.74) is 1.14. The molecule has 2 aliphatic carbocycles. The summed E-state index contributed by atoms with van der Waals surface area (Å²) in [6.07, 6.45) is 7.28. The standard InChI is InChI=1S/C16H22Cl2O2/c1-10-4-6-11(7-5-10)9-20-15(19)14-12(8-13(17)18)16(14,2)3/h6,8,10,12,14H,4-5,7,9H2,1-3H3. The van der Waals surface area contributed by atoms with Crippen molar-refractivity contribution in [3.05, 3.63) is 22.2 Å². The summed E-state index contributed by atoms with van der Waals surface area (Å²) in [4.78, 5) is 12.2. The molecule has 2 rings (SSSR count). The van der Waals surface area contributed by atoms with Crippen LogP contribution in [0.1, 0.15) is 40.0 Å². The Morgan fingerprint density at radius 1 is 1.50 bits per heavy atom. The largest absolute Gasteiger partial charge is 0.461 e. The molecule has 0 radical (unpaired) electrons. The molecule has 2 aliphatic rings. The summed E-state index contributed by atoms with van der Waals surface area (Å²) in [6, 6.07) is 0. The van der Waals surface area contributed by atoms with Crippen molar-refractivity contribution in [3.63, 3.8) is 0 Å². The van der Waals surface area contributed by atoms with E-state index in [1.54, 1.807) is 6.08 Å². The number of esters is 1. The Bertz CT molecular complexity index is 447. The van der Waals surface area contributed by atoms with Crippen LogP contribution in [-0.2, 0) is 9.53 Å². The molecule has 112 valence electrons. The van der Waals surface area contributed by atoms with Crippen LogP contribution in [0.2, 0.25) is 0 Å². The van der Waals surface area contributed by atoms with Gasteiger partial charge in [-0.05, 0) is 48.2 Å². The first kappa shape index (κ1) is 15.9. The Morgan fingerprint density at radius 3 is 2.75 bits per heavy atom. The van der Waals surface area contributed by atoms with E-state index in [1.807, 2.05) is 13.8 Å². The minimum atomic E-state index is -0.134. The van der Waals surface area contributed by atoms with Gasteiger partial charge in [0.2, 0.25) is 0 Å². The van der Waals surface area contributed by atoms with Gasteiger partial charge in [-0.25, -0.2) is 0 Å². The maximum absolute atomic E-state index is 12.2. The van der Waals surface area contributed by atoms with E-state index in [2.05, 4.69) is 13.0 Å². The number of hydrogen-bond donors (Lipinski definition) is 0.